The molecule has 1 aromatic carbocycles. The fraction of sp³-hybridized carbons (Fsp3) is 0.235. The molecule has 5 heteroatoms. The minimum Gasteiger partial charge on any atom is -0.508 e. The van der Waals surface area contributed by atoms with Crippen molar-refractivity contribution in [2.24, 2.45) is 4.99 Å². The monoisotopic (exact) mass is 328 g/mol. The van der Waals surface area contributed by atoms with Gasteiger partial charge in [-0.2, -0.15) is 0 Å². The van der Waals surface area contributed by atoms with Gasteiger partial charge in [-0.1, -0.05) is 18.2 Å². The lowest BCUT2D eigenvalue weighted by Crippen LogP contribution is -2.29. The van der Waals surface area contributed by atoms with Gasteiger partial charge >= 0.3 is 0 Å². The highest BCUT2D eigenvalue weighted by molar-refractivity contribution is 8.04. The van der Waals surface area contributed by atoms with E-state index in [1.54, 1.807) is 23.5 Å². The van der Waals surface area contributed by atoms with Crippen molar-refractivity contribution in [2.45, 2.75) is 19.4 Å². The maximum atomic E-state index is 9.46. The Kier molecular flexibility index (Phi) is 3.47. The summed E-state index contributed by atoms with van der Waals surface area (Å²) in [6.45, 7) is 2.18. The van der Waals surface area contributed by atoms with E-state index in [1.807, 2.05) is 23.9 Å². The predicted molar refractivity (Wildman–Crippen MR) is 95.2 cm³/mol. The van der Waals surface area contributed by atoms with Gasteiger partial charge < -0.3 is 10.4 Å². The van der Waals surface area contributed by atoms with Crippen LogP contribution in [0.2, 0.25) is 0 Å². The molecule has 1 unspecified atom stereocenters. The Hall–Kier alpha value is -1.72. The summed E-state index contributed by atoms with van der Waals surface area (Å²) in [5, 5.41) is 16.3. The van der Waals surface area contributed by atoms with Crippen LogP contribution < -0.4 is 5.32 Å². The number of fused-ring (bicyclic) bond motifs is 1. The smallest absolute Gasteiger partial charge is 0.141 e. The second kappa shape index (κ2) is 5.48. The van der Waals surface area contributed by atoms with Crippen molar-refractivity contribution >= 4 is 33.9 Å². The summed E-state index contributed by atoms with van der Waals surface area (Å²) in [5.74, 6) is 2.46. The summed E-state index contributed by atoms with van der Waals surface area (Å²) < 4.78 is 0. The topological polar surface area (TPSA) is 44.6 Å². The van der Waals surface area contributed by atoms with Crippen LogP contribution in [-0.4, -0.2) is 16.7 Å². The summed E-state index contributed by atoms with van der Waals surface area (Å²) in [6, 6.07) is 7.61. The van der Waals surface area contributed by atoms with E-state index in [4.69, 9.17) is 4.99 Å². The second-order valence-corrected chi connectivity index (χ2v) is 7.44. The van der Waals surface area contributed by atoms with Gasteiger partial charge in [-0.05, 0) is 36.6 Å². The molecule has 0 saturated heterocycles. The first-order chi connectivity index (χ1) is 10.7. The van der Waals surface area contributed by atoms with Gasteiger partial charge in [-0.25, -0.2) is 4.99 Å². The summed E-state index contributed by atoms with van der Waals surface area (Å²) in [4.78, 5) is 6.10. The zero-order valence-electron chi connectivity index (χ0n) is 12.2. The molecule has 0 amide bonds. The third-order valence-corrected chi connectivity index (χ3v) is 5.92. The molecule has 112 valence electrons. The Labute approximate surface area is 137 Å². The molecule has 0 saturated carbocycles. The van der Waals surface area contributed by atoms with Gasteiger partial charge in [0, 0.05) is 21.6 Å². The Morgan fingerprint density at radius 2 is 2.09 bits per heavy atom. The first kappa shape index (κ1) is 13.9. The number of hydrogen-bond donors (Lipinski definition) is 2. The molecule has 2 aromatic rings. The lowest BCUT2D eigenvalue weighted by atomic mass is 9.98. The first-order valence-electron chi connectivity index (χ1n) is 7.32. The van der Waals surface area contributed by atoms with Gasteiger partial charge in [0.25, 0.3) is 0 Å². The van der Waals surface area contributed by atoms with Gasteiger partial charge in [0.15, 0.2) is 0 Å². The first-order valence-corrected chi connectivity index (χ1v) is 9.18. The lowest BCUT2D eigenvalue weighted by Gasteiger charge is -2.23. The number of phenols is 1. The summed E-state index contributed by atoms with van der Waals surface area (Å²) >= 11 is 3.57. The predicted octanol–water partition coefficient (Wildman–Crippen LogP) is 4.84. The van der Waals surface area contributed by atoms with E-state index in [9.17, 15) is 5.11 Å². The molecular weight excluding hydrogens is 312 g/mol. The number of aromatic hydroxyl groups is 1. The fourth-order valence-corrected chi connectivity index (χ4v) is 4.83. The number of rotatable bonds is 2. The van der Waals surface area contributed by atoms with Crippen LogP contribution in [0.25, 0.3) is 11.1 Å². The Bertz CT molecular complexity index is 774. The van der Waals surface area contributed by atoms with Crippen molar-refractivity contribution in [3.63, 3.8) is 0 Å². The highest BCUT2D eigenvalue weighted by Gasteiger charge is 2.26. The van der Waals surface area contributed by atoms with E-state index >= 15 is 0 Å². The molecular formula is C17H16N2OS2. The maximum absolute atomic E-state index is 9.46. The van der Waals surface area contributed by atoms with E-state index < -0.39 is 0 Å². The molecule has 2 aliphatic rings. The molecule has 1 atom stereocenters. The minimum absolute atomic E-state index is 0.236. The molecule has 0 aliphatic carbocycles. The Balaban J connectivity index is 1.76. The average Bonchev–Trinajstić information content (AvgIpc) is 3.17. The van der Waals surface area contributed by atoms with Gasteiger partial charge in [0.1, 0.15) is 16.6 Å². The Morgan fingerprint density at radius 1 is 1.27 bits per heavy atom. The van der Waals surface area contributed by atoms with E-state index in [0.29, 0.717) is 5.75 Å². The molecule has 1 aromatic heterocycles. The van der Waals surface area contributed by atoms with Gasteiger partial charge in [-0.15, -0.1) is 23.1 Å². The van der Waals surface area contributed by atoms with Crippen LogP contribution >= 0.6 is 23.1 Å². The van der Waals surface area contributed by atoms with E-state index in [0.717, 1.165) is 28.6 Å². The molecule has 3 nitrogen and oxygen atoms in total. The van der Waals surface area contributed by atoms with E-state index in [2.05, 4.69) is 23.7 Å². The van der Waals surface area contributed by atoms with Crippen molar-refractivity contribution in [1.29, 1.82) is 0 Å². The van der Waals surface area contributed by atoms with Crippen LogP contribution in [0.5, 0.6) is 5.75 Å². The molecule has 22 heavy (non-hydrogen) atoms. The summed E-state index contributed by atoms with van der Waals surface area (Å²) in [6.07, 6.45) is 3.40. The number of thioether (sulfide) groups is 1. The zero-order valence-corrected chi connectivity index (χ0v) is 13.8. The normalized spacial score (nSPS) is 20.1. The molecule has 0 radical (unpaired) electrons. The Morgan fingerprint density at radius 3 is 2.82 bits per heavy atom. The van der Waals surface area contributed by atoms with Crippen LogP contribution in [0.4, 0.5) is 5.00 Å². The van der Waals surface area contributed by atoms with E-state index in [-0.39, 0.29) is 6.04 Å². The van der Waals surface area contributed by atoms with E-state index in [1.165, 1.54) is 16.0 Å². The van der Waals surface area contributed by atoms with Crippen molar-refractivity contribution in [1.82, 2.24) is 5.32 Å². The molecule has 2 N–H and O–H groups in total. The summed E-state index contributed by atoms with van der Waals surface area (Å²) in [7, 11) is 0. The quantitative estimate of drug-likeness (QED) is 0.829. The van der Waals surface area contributed by atoms with Crippen LogP contribution in [0, 0.1) is 0 Å². The molecule has 3 heterocycles. The molecule has 4 rings (SSSR count). The van der Waals surface area contributed by atoms with Crippen LogP contribution in [0.15, 0.2) is 45.6 Å². The zero-order chi connectivity index (χ0) is 15.1. The van der Waals surface area contributed by atoms with Crippen molar-refractivity contribution in [3.05, 3.63) is 46.2 Å². The second-order valence-electron chi connectivity index (χ2n) is 5.45. The van der Waals surface area contributed by atoms with Crippen LogP contribution in [0.1, 0.15) is 24.9 Å². The standard InChI is InChI=1S/C17H16N2OS2/c1-10-15-13(11-4-6-12(20)7-5-11)9-22-17(15)19-16(18-10)14-3-2-8-21-14/h3-7,9-10,20H,2,8H2,1H3,(H,18,19). The number of thiophene rings is 1. The third kappa shape index (κ3) is 2.34. The number of aliphatic imine (C=N–C) groups is 1. The van der Waals surface area contributed by atoms with Gasteiger partial charge in [0.2, 0.25) is 0 Å². The average molecular weight is 328 g/mol. The highest BCUT2D eigenvalue weighted by atomic mass is 32.2. The highest BCUT2D eigenvalue weighted by Crippen LogP contribution is 2.44. The van der Waals surface area contributed by atoms with Crippen LogP contribution in [-0.2, 0) is 0 Å². The molecule has 0 fully saturated rings. The number of allylic oxidation sites excluding steroid dienone is 1. The summed E-state index contributed by atoms with van der Waals surface area (Å²) in [5.41, 5.74) is 3.58. The molecule has 0 spiro atoms. The lowest BCUT2D eigenvalue weighted by molar-refractivity contribution is 0.475. The molecule has 2 aliphatic heterocycles. The minimum atomic E-state index is 0.236. The number of amidine groups is 1. The number of phenolic OH excluding ortho intramolecular Hbond substituents is 1. The van der Waals surface area contributed by atoms with Gasteiger partial charge in [-0.3, -0.25) is 0 Å². The molecule has 0 bridgehead atoms. The van der Waals surface area contributed by atoms with Gasteiger partial charge in [0.05, 0.1) is 6.04 Å². The maximum Gasteiger partial charge on any atom is 0.141 e. The third-order valence-electron chi connectivity index (χ3n) is 3.93. The fourth-order valence-electron chi connectivity index (χ4n) is 2.85. The number of hydrogen-bond acceptors (Lipinski definition) is 5. The number of nitrogens with one attached hydrogen (secondary N) is 1. The van der Waals surface area contributed by atoms with Crippen molar-refractivity contribution in [3.8, 4) is 16.9 Å². The SMILES string of the molecule is CC1NC(C2=CCCS2)=Nc2scc(-c3ccc(O)cc3)c21. The number of nitrogens with zero attached hydrogens (tertiary/aromatic N) is 1. The number of benzene rings is 1. The largest absolute Gasteiger partial charge is 0.508 e. The van der Waals surface area contributed by atoms with Crippen molar-refractivity contribution in [2.75, 3.05) is 5.75 Å². The van der Waals surface area contributed by atoms with Crippen LogP contribution in [0.3, 0.4) is 0 Å². The van der Waals surface area contributed by atoms with Crippen molar-refractivity contribution < 1.29 is 5.11 Å².